The molecule has 0 unspecified atom stereocenters. The lowest BCUT2D eigenvalue weighted by Gasteiger charge is -2.15. The van der Waals surface area contributed by atoms with Crippen molar-refractivity contribution in [2.24, 2.45) is 4.99 Å². The van der Waals surface area contributed by atoms with E-state index in [1.54, 1.807) is 12.1 Å². The fraction of sp³-hybridized carbons (Fsp3) is 0.286. The fourth-order valence-electron chi connectivity index (χ4n) is 3.66. The van der Waals surface area contributed by atoms with E-state index in [1.165, 1.54) is 18.4 Å². The summed E-state index contributed by atoms with van der Waals surface area (Å²) in [5, 5.41) is 11.4. The Bertz CT molecular complexity index is 1120. The fourth-order valence-corrected chi connectivity index (χ4v) is 6.02. The molecule has 1 atom stereocenters. The number of carbonyl (C=O) groups is 3. The molecule has 0 radical (unpaired) electrons. The number of thioether (sulfide) groups is 1. The number of fused-ring (bicyclic) bond motifs is 1. The zero-order valence-corrected chi connectivity index (χ0v) is 18.2. The molecule has 1 aromatic heterocycles. The van der Waals surface area contributed by atoms with E-state index in [1.807, 2.05) is 24.4 Å². The summed E-state index contributed by atoms with van der Waals surface area (Å²) in [7, 11) is 1.29. The maximum Gasteiger partial charge on any atom is 0.341 e. The molecular weight excluding hydrogens is 436 g/mol. The van der Waals surface area contributed by atoms with E-state index in [-0.39, 0.29) is 17.5 Å². The van der Waals surface area contributed by atoms with Crippen LogP contribution in [0, 0.1) is 11.5 Å². The molecule has 0 saturated carbocycles. The molecule has 158 valence electrons. The molecule has 2 heterocycles. The van der Waals surface area contributed by atoms with Gasteiger partial charge in [-0.05, 0) is 37.0 Å². The minimum absolute atomic E-state index is 0.0480. The number of aliphatic imine (C=N–C) groups is 1. The number of carbonyl (C=O) groups excluding carboxylic acids is 3. The molecule has 1 aliphatic carbocycles. The van der Waals surface area contributed by atoms with Crippen LogP contribution in [0.5, 0.6) is 0 Å². The molecule has 2 aromatic rings. The Hall–Kier alpha value is -3.16. The minimum Gasteiger partial charge on any atom is -0.465 e. The highest BCUT2D eigenvalue weighted by atomic mass is 32.2. The third kappa shape index (κ3) is 4.06. The normalized spacial score (nSPS) is 18.1. The Morgan fingerprint density at radius 1 is 1.32 bits per heavy atom. The zero-order valence-electron chi connectivity index (χ0n) is 16.6. The van der Waals surface area contributed by atoms with Crippen molar-refractivity contribution in [2.75, 3.05) is 12.0 Å². The number of hydrogen-bond donors (Lipinski definition) is 1. The molecule has 2 aliphatic rings. The van der Waals surface area contributed by atoms with E-state index in [2.05, 4.69) is 10.3 Å². The molecule has 1 N–H and O–H groups in total. The first-order valence-electron chi connectivity index (χ1n) is 9.58. The van der Waals surface area contributed by atoms with Gasteiger partial charge in [-0.3, -0.25) is 14.9 Å². The monoisotopic (exact) mass is 454 g/mol. The minimum atomic E-state index is -0.752. The van der Waals surface area contributed by atoms with Gasteiger partial charge >= 0.3 is 5.97 Å². The van der Waals surface area contributed by atoms with Gasteiger partial charge in [0.25, 0.3) is 0 Å². The van der Waals surface area contributed by atoms with Crippen molar-refractivity contribution in [2.45, 2.75) is 30.9 Å². The number of amidine groups is 1. The SMILES string of the molecule is COC(=O)c1c(N2C(=O)C[C@@H](SC(=Nc3ccccc3)NC#N)C2=O)sc2c1CCC2. The highest BCUT2D eigenvalue weighted by Crippen LogP contribution is 2.44. The van der Waals surface area contributed by atoms with Crippen LogP contribution in [-0.2, 0) is 27.2 Å². The highest BCUT2D eigenvalue weighted by molar-refractivity contribution is 8.15. The smallest absolute Gasteiger partial charge is 0.341 e. The number of nitrogens with one attached hydrogen (secondary N) is 1. The van der Waals surface area contributed by atoms with Gasteiger partial charge in [0.1, 0.15) is 10.3 Å². The summed E-state index contributed by atoms with van der Waals surface area (Å²) in [6.07, 6.45) is 4.25. The maximum absolute atomic E-state index is 13.2. The van der Waals surface area contributed by atoms with Crippen LogP contribution in [0.3, 0.4) is 0 Å². The number of rotatable bonds is 4. The summed E-state index contributed by atoms with van der Waals surface area (Å²) in [5.74, 6) is -1.35. The number of ether oxygens (including phenoxy) is 1. The van der Waals surface area contributed by atoms with Crippen LogP contribution in [-0.4, -0.2) is 35.3 Å². The van der Waals surface area contributed by atoms with Gasteiger partial charge in [-0.15, -0.1) is 11.3 Å². The van der Waals surface area contributed by atoms with Gasteiger partial charge in [-0.1, -0.05) is 30.0 Å². The van der Waals surface area contributed by atoms with Crippen molar-refractivity contribution in [1.29, 1.82) is 5.26 Å². The topological polar surface area (TPSA) is 112 Å². The van der Waals surface area contributed by atoms with Crippen molar-refractivity contribution in [1.82, 2.24) is 5.32 Å². The Morgan fingerprint density at radius 3 is 2.81 bits per heavy atom. The Balaban J connectivity index is 1.62. The Kier molecular flexibility index (Phi) is 6.06. The van der Waals surface area contributed by atoms with Crippen LogP contribution in [0.1, 0.15) is 33.6 Å². The molecule has 10 heteroatoms. The van der Waals surface area contributed by atoms with Crippen molar-refractivity contribution in [3.05, 3.63) is 46.3 Å². The van der Waals surface area contributed by atoms with Gasteiger partial charge in [0, 0.05) is 11.3 Å². The Labute approximate surface area is 186 Å². The molecule has 31 heavy (non-hydrogen) atoms. The number of anilines is 1. The second-order valence-corrected chi connectivity index (χ2v) is 9.17. The number of aryl methyl sites for hydroxylation is 1. The molecule has 1 aromatic carbocycles. The van der Waals surface area contributed by atoms with Crippen LogP contribution in [0.4, 0.5) is 10.7 Å². The summed E-state index contributed by atoms with van der Waals surface area (Å²) in [5.41, 5.74) is 1.81. The molecule has 8 nitrogen and oxygen atoms in total. The van der Waals surface area contributed by atoms with E-state index in [9.17, 15) is 14.4 Å². The molecular formula is C21H18N4O4S2. The van der Waals surface area contributed by atoms with Gasteiger partial charge < -0.3 is 4.74 Å². The predicted octanol–water partition coefficient (Wildman–Crippen LogP) is 3.15. The lowest BCUT2D eigenvalue weighted by molar-refractivity contribution is -0.121. The van der Waals surface area contributed by atoms with Crippen LogP contribution in [0.15, 0.2) is 35.3 Å². The van der Waals surface area contributed by atoms with Gasteiger partial charge in [0.15, 0.2) is 11.4 Å². The molecule has 1 fully saturated rings. The quantitative estimate of drug-likeness (QED) is 0.189. The third-order valence-corrected chi connectivity index (χ3v) is 7.35. The van der Waals surface area contributed by atoms with Crippen molar-refractivity contribution in [3.63, 3.8) is 0 Å². The number of imide groups is 1. The van der Waals surface area contributed by atoms with Crippen molar-refractivity contribution < 1.29 is 19.1 Å². The molecule has 1 aliphatic heterocycles. The van der Waals surface area contributed by atoms with Crippen LogP contribution < -0.4 is 10.2 Å². The summed E-state index contributed by atoms with van der Waals surface area (Å²) >= 11 is 2.33. The summed E-state index contributed by atoms with van der Waals surface area (Å²) < 4.78 is 4.93. The number of esters is 1. The number of methoxy groups -OCH3 is 1. The average Bonchev–Trinajstić information content (AvgIpc) is 3.42. The maximum atomic E-state index is 13.2. The van der Waals surface area contributed by atoms with Gasteiger partial charge in [-0.2, -0.15) is 5.26 Å². The molecule has 0 bridgehead atoms. The summed E-state index contributed by atoms with van der Waals surface area (Å²) in [4.78, 5) is 44.9. The van der Waals surface area contributed by atoms with Gasteiger partial charge in [0.2, 0.25) is 11.8 Å². The molecule has 1 saturated heterocycles. The van der Waals surface area contributed by atoms with Crippen LogP contribution >= 0.6 is 23.1 Å². The lowest BCUT2D eigenvalue weighted by atomic mass is 10.1. The molecule has 2 amide bonds. The second-order valence-electron chi connectivity index (χ2n) is 6.90. The predicted molar refractivity (Wildman–Crippen MR) is 118 cm³/mol. The number of nitriles is 1. The average molecular weight is 455 g/mol. The summed E-state index contributed by atoms with van der Waals surface area (Å²) in [6, 6.07) is 9.00. The van der Waals surface area contributed by atoms with E-state index in [0.29, 0.717) is 16.3 Å². The highest BCUT2D eigenvalue weighted by Gasteiger charge is 2.44. The van der Waals surface area contributed by atoms with E-state index in [0.717, 1.165) is 46.4 Å². The summed E-state index contributed by atoms with van der Waals surface area (Å²) in [6.45, 7) is 0. The second kappa shape index (κ2) is 8.91. The largest absolute Gasteiger partial charge is 0.465 e. The first-order valence-corrected chi connectivity index (χ1v) is 11.3. The number of benzene rings is 1. The van der Waals surface area contributed by atoms with E-state index < -0.39 is 17.1 Å². The number of amides is 2. The first-order chi connectivity index (χ1) is 15.0. The first kappa shape index (κ1) is 21.1. The van der Waals surface area contributed by atoms with E-state index in [4.69, 9.17) is 10.00 Å². The van der Waals surface area contributed by atoms with Gasteiger partial charge in [-0.25, -0.2) is 14.7 Å². The number of para-hydroxylation sites is 1. The van der Waals surface area contributed by atoms with Gasteiger partial charge in [0.05, 0.1) is 18.4 Å². The van der Waals surface area contributed by atoms with Crippen molar-refractivity contribution >= 4 is 56.7 Å². The van der Waals surface area contributed by atoms with Crippen LogP contribution in [0.25, 0.3) is 0 Å². The number of thiophene rings is 1. The molecule has 0 spiro atoms. The molecule has 4 rings (SSSR count). The van der Waals surface area contributed by atoms with E-state index >= 15 is 0 Å². The van der Waals surface area contributed by atoms with Crippen LogP contribution in [0.2, 0.25) is 0 Å². The Morgan fingerprint density at radius 2 is 2.10 bits per heavy atom. The zero-order chi connectivity index (χ0) is 22.0. The van der Waals surface area contributed by atoms with Crippen molar-refractivity contribution in [3.8, 4) is 6.19 Å². The third-order valence-electron chi connectivity index (χ3n) is 5.00. The number of nitrogens with zero attached hydrogens (tertiary/aromatic N) is 3. The lowest BCUT2D eigenvalue weighted by Crippen LogP contribution is -2.32. The number of hydrogen-bond acceptors (Lipinski definition) is 8. The standard InChI is InChI=1S/C21H18N4O4S2/c1-29-20(28)17-13-8-5-9-14(13)30-19(17)25-16(26)10-15(18(25)27)31-21(23-11-22)24-12-6-3-2-4-7-12/h2-4,6-7,15H,5,8-10H2,1H3,(H,23,24)/t15-/m1/s1.